The lowest BCUT2D eigenvalue weighted by Crippen LogP contribution is -1.93. The summed E-state index contributed by atoms with van der Waals surface area (Å²) < 4.78 is 0. The van der Waals surface area contributed by atoms with Crippen LogP contribution in [0, 0.1) is 0 Å². The van der Waals surface area contributed by atoms with Gasteiger partial charge in [0, 0.05) is 0 Å². The summed E-state index contributed by atoms with van der Waals surface area (Å²) >= 11 is 0. The van der Waals surface area contributed by atoms with Crippen LogP contribution in [0.4, 0.5) is 0 Å². The minimum atomic E-state index is -0.116. The molecule has 2 nitrogen and oxygen atoms in total. The van der Waals surface area contributed by atoms with E-state index in [9.17, 15) is 0 Å². The van der Waals surface area contributed by atoms with Gasteiger partial charge in [-0.15, -0.1) is 0 Å². The van der Waals surface area contributed by atoms with Crippen molar-refractivity contribution in [1.82, 2.24) is 0 Å². The first-order chi connectivity index (χ1) is 4.54. The van der Waals surface area contributed by atoms with E-state index in [0.717, 1.165) is 12.8 Å². The third-order valence-corrected chi connectivity index (χ3v) is 1.18. The van der Waals surface area contributed by atoms with Gasteiger partial charge in [0.2, 0.25) is 0 Å². The first kappa shape index (κ1) is 12.6. The van der Waals surface area contributed by atoms with Gasteiger partial charge >= 0.3 is 0 Å². The highest BCUT2D eigenvalue weighted by atomic mass is 16.3. The SMILES string of the molecule is CCC(C)O.CCC(C)O. The summed E-state index contributed by atoms with van der Waals surface area (Å²) in [6, 6.07) is 0. The van der Waals surface area contributed by atoms with E-state index in [-0.39, 0.29) is 12.2 Å². The summed E-state index contributed by atoms with van der Waals surface area (Å²) in [6.07, 6.45) is 1.49. The van der Waals surface area contributed by atoms with E-state index in [4.69, 9.17) is 10.2 Å². The number of aliphatic hydroxyl groups is 2. The minimum Gasteiger partial charge on any atom is -0.393 e. The highest BCUT2D eigenvalue weighted by molar-refractivity contribution is 4.34. The summed E-state index contributed by atoms with van der Waals surface area (Å²) in [6.45, 7) is 7.45. The fourth-order valence-electron chi connectivity index (χ4n) is 0. The van der Waals surface area contributed by atoms with Crippen LogP contribution in [0.2, 0.25) is 0 Å². The molecule has 2 heteroatoms. The second-order valence-corrected chi connectivity index (χ2v) is 2.51. The Bertz CT molecular complexity index is 43.2. The van der Waals surface area contributed by atoms with Crippen LogP contribution in [-0.2, 0) is 0 Å². The molecule has 0 radical (unpaired) electrons. The van der Waals surface area contributed by atoms with E-state index in [1.165, 1.54) is 0 Å². The van der Waals surface area contributed by atoms with Crippen LogP contribution in [0.15, 0.2) is 0 Å². The Morgan fingerprint density at radius 1 is 0.900 bits per heavy atom. The summed E-state index contributed by atoms with van der Waals surface area (Å²) in [5.74, 6) is 0. The predicted octanol–water partition coefficient (Wildman–Crippen LogP) is 1.55. The van der Waals surface area contributed by atoms with Crippen molar-refractivity contribution in [2.45, 2.75) is 52.7 Å². The monoisotopic (exact) mass is 148 g/mol. The van der Waals surface area contributed by atoms with E-state index >= 15 is 0 Å². The van der Waals surface area contributed by atoms with Gasteiger partial charge in [-0.05, 0) is 26.7 Å². The average Bonchev–Trinajstić information content (AvgIpc) is 1.89. The minimum absolute atomic E-state index is 0.116. The van der Waals surface area contributed by atoms with E-state index in [1.807, 2.05) is 13.8 Å². The highest BCUT2D eigenvalue weighted by Crippen LogP contribution is 1.82. The van der Waals surface area contributed by atoms with Gasteiger partial charge in [0.05, 0.1) is 12.2 Å². The Kier molecular flexibility index (Phi) is 11.2. The molecule has 0 aromatic heterocycles. The van der Waals surface area contributed by atoms with Gasteiger partial charge in [0.15, 0.2) is 0 Å². The number of hydrogen-bond donors (Lipinski definition) is 2. The molecule has 2 atom stereocenters. The van der Waals surface area contributed by atoms with Gasteiger partial charge < -0.3 is 10.2 Å². The van der Waals surface area contributed by atoms with Crippen molar-refractivity contribution in [2.75, 3.05) is 0 Å². The lowest BCUT2D eigenvalue weighted by molar-refractivity contribution is 0.190. The summed E-state index contributed by atoms with van der Waals surface area (Å²) in [5.41, 5.74) is 0. The van der Waals surface area contributed by atoms with E-state index in [1.54, 1.807) is 13.8 Å². The van der Waals surface area contributed by atoms with Crippen molar-refractivity contribution in [3.05, 3.63) is 0 Å². The molecule has 0 spiro atoms. The lowest BCUT2D eigenvalue weighted by atomic mass is 10.3. The van der Waals surface area contributed by atoms with Gasteiger partial charge in [0.1, 0.15) is 0 Å². The Balaban J connectivity index is 0. The van der Waals surface area contributed by atoms with Crippen molar-refractivity contribution in [3.63, 3.8) is 0 Å². The molecule has 0 aromatic carbocycles. The number of aliphatic hydroxyl groups excluding tert-OH is 2. The van der Waals surface area contributed by atoms with Crippen LogP contribution in [0.1, 0.15) is 40.5 Å². The topological polar surface area (TPSA) is 40.5 Å². The lowest BCUT2D eigenvalue weighted by Gasteiger charge is -1.90. The molecule has 0 fully saturated rings. The normalized spacial score (nSPS) is 15.0. The first-order valence-corrected chi connectivity index (χ1v) is 3.90. The molecule has 0 aliphatic rings. The quantitative estimate of drug-likeness (QED) is 0.624. The van der Waals surface area contributed by atoms with Crippen molar-refractivity contribution in [2.24, 2.45) is 0 Å². The number of rotatable bonds is 2. The first-order valence-electron chi connectivity index (χ1n) is 3.90. The van der Waals surface area contributed by atoms with Gasteiger partial charge in [0.25, 0.3) is 0 Å². The highest BCUT2D eigenvalue weighted by Gasteiger charge is 1.82. The van der Waals surface area contributed by atoms with Gasteiger partial charge in [-0.2, -0.15) is 0 Å². The molecule has 0 aliphatic heterocycles. The maximum Gasteiger partial charge on any atom is 0.0509 e. The predicted molar refractivity (Wildman–Crippen MR) is 43.9 cm³/mol. The van der Waals surface area contributed by atoms with Crippen molar-refractivity contribution in [1.29, 1.82) is 0 Å². The molecule has 64 valence electrons. The van der Waals surface area contributed by atoms with Crippen molar-refractivity contribution >= 4 is 0 Å². The Labute approximate surface area is 63.9 Å². The van der Waals surface area contributed by atoms with Crippen LogP contribution >= 0.6 is 0 Å². The molecule has 0 heterocycles. The zero-order valence-corrected chi connectivity index (χ0v) is 7.46. The molecule has 0 rings (SSSR count). The third kappa shape index (κ3) is 24.7. The standard InChI is InChI=1S/2C4H10O/c2*1-3-4(2)5/h2*4-5H,3H2,1-2H3. The average molecular weight is 148 g/mol. The fraction of sp³-hybridized carbons (Fsp3) is 1.00. The van der Waals surface area contributed by atoms with E-state index in [0.29, 0.717) is 0 Å². The molecule has 0 aliphatic carbocycles. The molecular weight excluding hydrogens is 128 g/mol. The smallest absolute Gasteiger partial charge is 0.0509 e. The Hall–Kier alpha value is -0.0800. The second kappa shape index (κ2) is 8.92. The van der Waals surface area contributed by atoms with Crippen LogP contribution in [0.5, 0.6) is 0 Å². The maximum atomic E-state index is 8.36. The third-order valence-electron chi connectivity index (χ3n) is 1.18. The van der Waals surface area contributed by atoms with Crippen LogP contribution < -0.4 is 0 Å². The van der Waals surface area contributed by atoms with Gasteiger partial charge in [-0.25, -0.2) is 0 Å². The Morgan fingerprint density at radius 2 is 1.00 bits per heavy atom. The van der Waals surface area contributed by atoms with E-state index in [2.05, 4.69) is 0 Å². The zero-order chi connectivity index (χ0) is 8.57. The second-order valence-electron chi connectivity index (χ2n) is 2.51. The van der Waals surface area contributed by atoms with Crippen LogP contribution in [-0.4, -0.2) is 22.4 Å². The fourth-order valence-corrected chi connectivity index (χ4v) is 0. The summed E-state index contributed by atoms with van der Waals surface area (Å²) in [4.78, 5) is 0. The molecule has 0 saturated heterocycles. The molecule has 10 heavy (non-hydrogen) atoms. The van der Waals surface area contributed by atoms with Gasteiger partial charge in [-0.1, -0.05) is 13.8 Å². The van der Waals surface area contributed by atoms with E-state index < -0.39 is 0 Å². The molecule has 2 unspecified atom stereocenters. The van der Waals surface area contributed by atoms with Crippen molar-refractivity contribution in [3.8, 4) is 0 Å². The Morgan fingerprint density at radius 3 is 1.00 bits per heavy atom. The maximum absolute atomic E-state index is 8.36. The van der Waals surface area contributed by atoms with Crippen molar-refractivity contribution < 1.29 is 10.2 Å². The molecule has 2 N–H and O–H groups in total. The summed E-state index contributed by atoms with van der Waals surface area (Å²) in [5, 5.41) is 16.7. The zero-order valence-electron chi connectivity index (χ0n) is 7.46. The molecular formula is C8H20O2. The van der Waals surface area contributed by atoms with Crippen LogP contribution in [0.25, 0.3) is 0 Å². The number of hydrogen-bond acceptors (Lipinski definition) is 2. The molecule has 0 amide bonds. The summed E-state index contributed by atoms with van der Waals surface area (Å²) in [7, 11) is 0. The van der Waals surface area contributed by atoms with Gasteiger partial charge in [-0.3, -0.25) is 0 Å². The van der Waals surface area contributed by atoms with Crippen LogP contribution in [0.3, 0.4) is 0 Å². The molecule has 0 bridgehead atoms. The molecule has 0 saturated carbocycles. The molecule has 0 aromatic rings. The largest absolute Gasteiger partial charge is 0.393 e.